The van der Waals surface area contributed by atoms with Gasteiger partial charge in [-0.2, -0.15) is 0 Å². The van der Waals surface area contributed by atoms with E-state index >= 15 is 0 Å². The fourth-order valence-electron chi connectivity index (χ4n) is 2.02. The van der Waals surface area contributed by atoms with Crippen LogP contribution >= 0.6 is 0 Å². The fourth-order valence-corrected chi connectivity index (χ4v) is 2.02. The molecule has 0 aliphatic carbocycles. The van der Waals surface area contributed by atoms with E-state index in [1.807, 2.05) is 19.9 Å². The van der Waals surface area contributed by atoms with Gasteiger partial charge in [-0.15, -0.1) is 0 Å². The Balaban J connectivity index is 2.41. The molecule has 4 N–H and O–H groups in total. The number of rotatable bonds is 2. The van der Waals surface area contributed by atoms with Crippen LogP contribution in [0.5, 0.6) is 0 Å². The average molecular weight is 247 g/mol. The standard InChI is InChI=1S/C13H17N3O2/c1-6-4-5-9-10(7(6)2)15-12(16-13(9)18)8(3)11(14)17/h4-5,8,12,15H,1-3H3,(H2,14,17)(H,16,18). The predicted molar refractivity (Wildman–Crippen MR) is 69.2 cm³/mol. The molecule has 0 spiro atoms. The van der Waals surface area contributed by atoms with E-state index < -0.39 is 18.0 Å². The van der Waals surface area contributed by atoms with Crippen molar-refractivity contribution in [1.82, 2.24) is 5.32 Å². The highest BCUT2D eigenvalue weighted by molar-refractivity contribution is 6.03. The zero-order valence-corrected chi connectivity index (χ0v) is 10.7. The molecule has 0 fully saturated rings. The number of primary amides is 1. The Morgan fingerprint density at radius 3 is 2.61 bits per heavy atom. The first-order valence-electron chi connectivity index (χ1n) is 5.88. The molecule has 2 amide bonds. The average Bonchev–Trinajstić information content (AvgIpc) is 2.33. The zero-order chi connectivity index (χ0) is 13.4. The molecule has 0 radical (unpaired) electrons. The number of amides is 2. The molecule has 1 aromatic carbocycles. The Morgan fingerprint density at radius 1 is 1.33 bits per heavy atom. The van der Waals surface area contributed by atoms with Gasteiger partial charge in [-0.1, -0.05) is 6.07 Å². The number of hydrogen-bond donors (Lipinski definition) is 3. The lowest BCUT2D eigenvalue weighted by molar-refractivity contribution is -0.121. The molecule has 1 aliphatic rings. The highest BCUT2D eigenvalue weighted by Gasteiger charge is 2.30. The van der Waals surface area contributed by atoms with Crippen molar-refractivity contribution >= 4 is 17.5 Å². The van der Waals surface area contributed by atoms with Gasteiger partial charge < -0.3 is 16.4 Å². The Bertz CT molecular complexity index is 525. The predicted octanol–water partition coefficient (Wildman–Crippen LogP) is 0.906. The van der Waals surface area contributed by atoms with Crippen LogP contribution in [0.25, 0.3) is 0 Å². The van der Waals surface area contributed by atoms with Gasteiger partial charge in [-0.25, -0.2) is 0 Å². The van der Waals surface area contributed by atoms with Crippen molar-refractivity contribution in [3.63, 3.8) is 0 Å². The van der Waals surface area contributed by atoms with Crippen molar-refractivity contribution in [3.8, 4) is 0 Å². The van der Waals surface area contributed by atoms with Gasteiger partial charge in [0.25, 0.3) is 5.91 Å². The molecule has 5 nitrogen and oxygen atoms in total. The molecule has 0 saturated carbocycles. The summed E-state index contributed by atoms with van der Waals surface area (Å²) in [7, 11) is 0. The molecular weight excluding hydrogens is 230 g/mol. The number of nitrogens with two attached hydrogens (primary N) is 1. The number of benzene rings is 1. The monoisotopic (exact) mass is 247 g/mol. The largest absolute Gasteiger partial charge is 0.369 e. The molecule has 0 saturated heterocycles. The third kappa shape index (κ3) is 1.92. The molecule has 1 aromatic rings. The molecule has 2 atom stereocenters. The number of anilines is 1. The van der Waals surface area contributed by atoms with E-state index in [9.17, 15) is 9.59 Å². The fraction of sp³-hybridized carbons (Fsp3) is 0.385. The number of aryl methyl sites for hydroxylation is 1. The number of carbonyl (C=O) groups excluding carboxylic acids is 2. The van der Waals surface area contributed by atoms with Gasteiger partial charge in [0.05, 0.1) is 17.2 Å². The van der Waals surface area contributed by atoms with Gasteiger partial charge in [0, 0.05) is 0 Å². The van der Waals surface area contributed by atoms with E-state index in [0.717, 1.165) is 16.8 Å². The quantitative estimate of drug-likeness (QED) is 0.726. The van der Waals surface area contributed by atoms with Crippen LogP contribution in [0.3, 0.4) is 0 Å². The Labute approximate surface area is 106 Å². The summed E-state index contributed by atoms with van der Waals surface area (Å²) >= 11 is 0. The van der Waals surface area contributed by atoms with E-state index in [4.69, 9.17) is 5.73 Å². The van der Waals surface area contributed by atoms with Crippen LogP contribution in [0.4, 0.5) is 5.69 Å². The number of carbonyl (C=O) groups is 2. The lowest BCUT2D eigenvalue weighted by atomic mass is 9.97. The Hall–Kier alpha value is -2.04. The summed E-state index contributed by atoms with van der Waals surface area (Å²) in [5, 5.41) is 5.93. The lowest BCUT2D eigenvalue weighted by Gasteiger charge is -2.32. The summed E-state index contributed by atoms with van der Waals surface area (Å²) in [4.78, 5) is 23.2. The topological polar surface area (TPSA) is 84.2 Å². The van der Waals surface area contributed by atoms with E-state index in [2.05, 4.69) is 10.6 Å². The second-order valence-electron chi connectivity index (χ2n) is 4.72. The molecular formula is C13H17N3O2. The summed E-state index contributed by atoms with van der Waals surface area (Å²) in [5.74, 6) is -1.09. The number of nitrogens with one attached hydrogen (secondary N) is 2. The first-order valence-corrected chi connectivity index (χ1v) is 5.88. The molecule has 5 heteroatoms. The molecule has 0 aromatic heterocycles. The maximum atomic E-state index is 12.0. The molecule has 0 bridgehead atoms. The van der Waals surface area contributed by atoms with E-state index in [1.165, 1.54) is 0 Å². The van der Waals surface area contributed by atoms with Crippen molar-refractivity contribution in [1.29, 1.82) is 0 Å². The van der Waals surface area contributed by atoms with Crippen LogP contribution in [0.15, 0.2) is 12.1 Å². The summed E-state index contributed by atoms with van der Waals surface area (Å²) in [6.07, 6.45) is -0.456. The summed E-state index contributed by atoms with van der Waals surface area (Å²) in [6.45, 7) is 5.62. The highest BCUT2D eigenvalue weighted by Crippen LogP contribution is 2.28. The highest BCUT2D eigenvalue weighted by atomic mass is 16.2. The molecule has 96 valence electrons. The van der Waals surface area contributed by atoms with Crippen LogP contribution in [0.1, 0.15) is 28.4 Å². The van der Waals surface area contributed by atoms with Crippen LogP contribution in [0, 0.1) is 19.8 Å². The second-order valence-corrected chi connectivity index (χ2v) is 4.72. The van der Waals surface area contributed by atoms with Gasteiger partial charge in [-0.3, -0.25) is 9.59 Å². The van der Waals surface area contributed by atoms with Crippen molar-refractivity contribution in [3.05, 3.63) is 28.8 Å². The minimum Gasteiger partial charge on any atom is -0.369 e. The van der Waals surface area contributed by atoms with E-state index in [-0.39, 0.29) is 5.91 Å². The molecule has 1 aliphatic heterocycles. The first-order chi connectivity index (χ1) is 8.41. The van der Waals surface area contributed by atoms with Crippen molar-refractivity contribution in [2.45, 2.75) is 26.9 Å². The van der Waals surface area contributed by atoms with E-state index in [0.29, 0.717) is 5.56 Å². The summed E-state index contributed by atoms with van der Waals surface area (Å²) < 4.78 is 0. The zero-order valence-electron chi connectivity index (χ0n) is 10.7. The maximum absolute atomic E-state index is 12.0. The normalized spacial score (nSPS) is 19.5. The van der Waals surface area contributed by atoms with Gasteiger partial charge in [0.15, 0.2) is 0 Å². The molecule has 2 unspecified atom stereocenters. The van der Waals surface area contributed by atoms with Gasteiger partial charge in [-0.05, 0) is 38.0 Å². The van der Waals surface area contributed by atoms with Crippen molar-refractivity contribution in [2.75, 3.05) is 5.32 Å². The number of hydrogen-bond acceptors (Lipinski definition) is 3. The Morgan fingerprint density at radius 2 is 2.00 bits per heavy atom. The number of fused-ring (bicyclic) bond motifs is 1. The maximum Gasteiger partial charge on any atom is 0.254 e. The summed E-state index contributed by atoms with van der Waals surface area (Å²) in [6, 6.07) is 3.69. The van der Waals surface area contributed by atoms with Gasteiger partial charge >= 0.3 is 0 Å². The van der Waals surface area contributed by atoms with Crippen LogP contribution in [0.2, 0.25) is 0 Å². The smallest absolute Gasteiger partial charge is 0.254 e. The molecule has 2 rings (SSSR count). The minimum atomic E-state index is -0.470. The van der Waals surface area contributed by atoms with E-state index in [1.54, 1.807) is 13.0 Å². The summed E-state index contributed by atoms with van der Waals surface area (Å²) in [5.41, 5.74) is 8.78. The second kappa shape index (κ2) is 4.33. The SMILES string of the molecule is Cc1ccc2c(c1C)NC(C(C)C(N)=O)NC2=O. The van der Waals surface area contributed by atoms with Crippen LogP contribution in [-0.4, -0.2) is 18.0 Å². The molecule has 1 heterocycles. The van der Waals surface area contributed by atoms with Crippen molar-refractivity contribution in [2.24, 2.45) is 11.7 Å². The first kappa shape index (κ1) is 12.4. The minimum absolute atomic E-state index is 0.176. The lowest BCUT2D eigenvalue weighted by Crippen LogP contribution is -2.52. The van der Waals surface area contributed by atoms with Gasteiger partial charge in [0.2, 0.25) is 5.91 Å². The van der Waals surface area contributed by atoms with Gasteiger partial charge in [0.1, 0.15) is 6.17 Å². The van der Waals surface area contributed by atoms with Crippen LogP contribution < -0.4 is 16.4 Å². The van der Waals surface area contributed by atoms with Crippen molar-refractivity contribution < 1.29 is 9.59 Å². The Kier molecular flexibility index (Phi) is 2.98. The third-order valence-corrected chi connectivity index (χ3v) is 3.52. The molecule has 18 heavy (non-hydrogen) atoms. The van der Waals surface area contributed by atoms with Crippen LogP contribution in [-0.2, 0) is 4.79 Å². The third-order valence-electron chi connectivity index (χ3n) is 3.52.